The van der Waals surface area contributed by atoms with E-state index in [4.69, 9.17) is 16.3 Å². The number of rotatable bonds is 3. The number of ether oxygens (including phenoxy) is 1. The Balaban J connectivity index is 0.00000109. The number of halogens is 1. The van der Waals surface area contributed by atoms with Crippen molar-refractivity contribution in [3.63, 3.8) is 0 Å². The lowest BCUT2D eigenvalue weighted by atomic mass is 9.91. The van der Waals surface area contributed by atoms with Gasteiger partial charge in [0.25, 0.3) is 0 Å². The second-order valence-electron chi connectivity index (χ2n) is 5.95. The molecule has 3 unspecified atom stereocenters. The normalized spacial score (nSPS) is 26.4. The predicted octanol–water partition coefficient (Wildman–Crippen LogP) is 1.89. The molecule has 3 rings (SSSR count). The first-order chi connectivity index (χ1) is 12.0. The molecule has 0 bridgehead atoms. The van der Waals surface area contributed by atoms with Crippen LogP contribution in [0.25, 0.3) is 10.9 Å². The van der Waals surface area contributed by atoms with Crippen LogP contribution in [0.2, 0.25) is 5.02 Å². The summed E-state index contributed by atoms with van der Waals surface area (Å²) in [5.74, 6) is 0. The minimum Gasteiger partial charge on any atom is -0.394 e. The van der Waals surface area contributed by atoms with Gasteiger partial charge in [-0.15, -0.1) is 0 Å². The van der Waals surface area contributed by atoms with Gasteiger partial charge in [-0.2, -0.15) is 0 Å². The molecule has 140 valence electrons. The van der Waals surface area contributed by atoms with Gasteiger partial charge in [-0.25, -0.2) is 0 Å². The molecule has 0 saturated carbocycles. The molecule has 0 spiro atoms. The Morgan fingerprint density at radius 1 is 1.24 bits per heavy atom. The summed E-state index contributed by atoms with van der Waals surface area (Å²) in [6.45, 7) is 3.42. The predicted molar refractivity (Wildman–Crippen MR) is 96.5 cm³/mol. The highest BCUT2D eigenvalue weighted by molar-refractivity contribution is 6.35. The van der Waals surface area contributed by atoms with Gasteiger partial charge in [0, 0.05) is 30.6 Å². The maximum atomic E-state index is 10.0. The van der Waals surface area contributed by atoms with Gasteiger partial charge in [-0.3, -0.25) is 0 Å². The third-order valence-corrected chi connectivity index (χ3v) is 4.77. The molecular weight excluding hydrogens is 346 g/mol. The van der Waals surface area contributed by atoms with Gasteiger partial charge in [0.05, 0.1) is 30.4 Å². The summed E-state index contributed by atoms with van der Waals surface area (Å²) >= 11 is 6.19. The molecule has 2 aromatic rings. The molecule has 1 fully saturated rings. The molecule has 4 N–H and O–H groups in total. The van der Waals surface area contributed by atoms with Gasteiger partial charge in [0.2, 0.25) is 0 Å². The Kier molecular flexibility index (Phi) is 6.85. The molecule has 7 heteroatoms. The second-order valence-corrected chi connectivity index (χ2v) is 6.36. The standard InChI is InChI=1S/C16H20ClNO5.C2H6/c1-18-5-11(17)10-2-8(6-19)9(3-12(10)18)14-4-13(21)16(22)15(7-20)23-14;1-2/h2-3,5,13-16,19-22H,4,6-7H2,1H3;1-2H3/t13?,14?,15?,16-;/m0./s1. The van der Waals surface area contributed by atoms with Gasteiger partial charge in [0.1, 0.15) is 12.2 Å². The minimum atomic E-state index is -1.12. The van der Waals surface area contributed by atoms with E-state index in [0.717, 1.165) is 16.5 Å². The average molecular weight is 372 g/mol. The summed E-state index contributed by atoms with van der Waals surface area (Å²) in [5.41, 5.74) is 2.25. The van der Waals surface area contributed by atoms with Crippen molar-refractivity contribution in [2.24, 2.45) is 7.05 Å². The maximum Gasteiger partial charge on any atom is 0.110 e. The SMILES string of the molecule is CC.Cn1cc(Cl)c2cc(CO)c(C3CC(O)[C@H](O)C(CO)O3)cc21. The van der Waals surface area contributed by atoms with Crippen molar-refractivity contribution in [2.75, 3.05) is 6.61 Å². The smallest absolute Gasteiger partial charge is 0.110 e. The number of benzene rings is 1. The average Bonchev–Trinajstić information content (AvgIpc) is 2.91. The van der Waals surface area contributed by atoms with Crippen molar-refractivity contribution >= 4 is 22.5 Å². The van der Waals surface area contributed by atoms with Crippen molar-refractivity contribution < 1.29 is 25.2 Å². The number of hydrogen-bond donors (Lipinski definition) is 4. The van der Waals surface area contributed by atoms with Gasteiger partial charge in [-0.1, -0.05) is 25.4 Å². The molecule has 1 saturated heterocycles. The lowest BCUT2D eigenvalue weighted by molar-refractivity contribution is -0.181. The van der Waals surface area contributed by atoms with Crippen molar-refractivity contribution in [3.05, 3.63) is 34.5 Å². The molecule has 2 heterocycles. The Bertz CT molecular complexity index is 717. The molecule has 0 aliphatic carbocycles. The molecule has 1 aromatic carbocycles. The zero-order valence-corrected chi connectivity index (χ0v) is 15.4. The van der Waals surface area contributed by atoms with Crippen LogP contribution in [0.5, 0.6) is 0 Å². The van der Waals surface area contributed by atoms with E-state index in [0.29, 0.717) is 10.6 Å². The lowest BCUT2D eigenvalue weighted by Gasteiger charge is -2.37. The van der Waals surface area contributed by atoms with Crippen LogP contribution in [0, 0.1) is 0 Å². The number of aliphatic hydroxyl groups is 4. The zero-order chi connectivity index (χ0) is 18.7. The van der Waals surface area contributed by atoms with Crippen LogP contribution in [0.3, 0.4) is 0 Å². The number of aryl methyl sites for hydroxylation is 1. The van der Waals surface area contributed by atoms with E-state index in [1.54, 1.807) is 6.20 Å². The molecule has 25 heavy (non-hydrogen) atoms. The summed E-state index contributed by atoms with van der Waals surface area (Å²) in [4.78, 5) is 0. The number of aromatic nitrogens is 1. The van der Waals surface area contributed by atoms with Crippen LogP contribution >= 0.6 is 11.6 Å². The van der Waals surface area contributed by atoms with Crippen molar-refractivity contribution in [3.8, 4) is 0 Å². The Morgan fingerprint density at radius 2 is 1.92 bits per heavy atom. The van der Waals surface area contributed by atoms with E-state index in [9.17, 15) is 20.4 Å². The van der Waals surface area contributed by atoms with E-state index in [-0.39, 0.29) is 19.6 Å². The molecule has 0 radical (unpaired) electrons. The molecule has 1 aromatic heterocycles. The minimum absolute atomic E-state index is 0.189. The van der Waals surface area contributed by atoms with Crippen LogP contribution in [-0.2, 0) is 18.4 Å². The van der Waals surface area contributed by atoms with Crippen molar-refractivity contribution in [2.45, 2.75) is 51.3 Å². The molecule has 1 aliphatic rings. The van der Waals surface area contributed by atoms with Crippen molar-refractivity contribution in [1.29, 1.82) is 0 Å². The Labute approximate surface area is 152 Å². The summed E-state index contributed by atoms with van der Waals surface area (Å²) in [5, 5.41) is 40.3. The fourth-order valence-corrected chi connectivity index (χ4v) is 3.48. The number of aliphatic hydroxyl groups excluding tert-OH is 4. The molecule has 4 atom stereocenters. The largest absolute Gasteiger partial charge is 0.394 e. The number of fused-ring (bicyclic) bond motifs is 1. The third kappa shape index (κ3) is 3.84. The first-order valence-electron chi connectivity index (χ1n) is 8.47. The zero-order valence-electron chi connectivity index (χ0n) is 14.7. The summed E-state index contributed by atoms with van der Waals surface area (Å²) in [6, 6.07) is 3.68. The van der Waals surface area contributed by atoms with Crippen molar-refractivity contribution in [1.82, 2.24) is 4.57 Å². The van der Waals surface area contributed by atoms with Crippen LogP contribution in [0.15, 0.2) is 18.3 Å². The first-order valence-corrected chi connectivity index (χ1v) is 8.84. The van der Waals surface area contributed by atoms with Gasteiger partial charge in [0.15, 0.2) is 0 Å². The fourth-order valence-electron chi connectivity index (χ4n) is 3.18. The molecular formula is C18H26ClNO5. The molecule has 0 amide bonds. The van der Waals surface area contributed by atoms with Gasteiger partial charge >= 0.3 is 0 Å². The first kappa shape index (κ1) is 20.2. The quantitative estimate of drug-likeness (QED) is 0.661. The molecule has 6 nitrogen and oxygen atoms in total. The van der Waals surface area contributed by atoms with E-state index in [1.165, 1.54) is 0 Å². The van der Waals surface area contributed by atoms with Gasteiger partial charge in [-0.05, 0) is 23.3 Å². The summed E-state index contributed by atoms with van der Waals surface area (Å²) < 4.78 is 7.60. The monoisotopic (exact) mass is 371 g/mol. The van der Waals surface area contributed by atoms with E-state index < -0.39 is 24.4 Å². The van der Waals surface area contributed by atoms with Crippen LogP contribution < -0.4 is 0 Å². The van der Waals surface area contributed by atoms with Crippen LogP contribution in [-0.4, -0.2) is 49.9 Å². The van der Waals surface area contributed by atoms with E-state index >= 15 is 0 Å². The van der Waals surface area contributed by atoms with E-state index in [2.05, 4.69) is 0 Å². The third-order valence-electron chi connectivity index (χ3n) is 4.47. The number of nitrogens with zero attached hydrogens (tertiary/aromatic N) is 1. The second kappa shape index (κ2) is 8.49. The Hall–Kier alpha value is -1.15. The Morgan fingerprint density at radius 3 is 2.52 bits per heavy atom. The molecule has 1 aliphatic heterocycles. The van der Waals surface area contributed by atoms with E-state index in [1.807, 2.05) is 37.6 Å². The van der Waals surface area contributed by atoms with Gasteiger partial charge < -0.3 is 29.7 Å². The highest BCUT2D eigenvalue weighted by Gasteiger charge is 2.37. The summed E-state index contributed by atoms with van der Waals surface area (Å²) in [7, 11) is 1.87. The van der Waals surface area contributed by atoms with Crippen LogP contribution in [0.4, 0.5) is 0 Å². The fraction of sp³-hybridized carbons (Fsp3) is 0.556. The van der Waals surface area contributed by atoms with Crippen LogP contribution in [0.1, 0.15) is 37.5 Å². The lowest BCUT2D eigenvalue weighted by Crippen LogP contribution is -2.47. The summed E-state index contributed by atoms with van der Waals surface area (Å²) in [6.07, 6.45) is -1.52. The maximum absolute atomic E-state index is 10.0. The highest BCUT2D eigenvalue weighted by atomic mass is 35.5. The number of hydrogen-bond acceptors (Lipinski definition) is 5. The highest BCUT2D eigenvalue weighted by Crippen LogP contribution is 2.37. The topological polar surface area (TPSA) is 95.1 Å².